The van der Waals surface area contributed by atoms with E-state index in [0.29, 0.717) is 12.5 Å². The molecule has 0 amide bonds. The van der Waals surface area contributed by atoms with Gasteiger partial charge in [-0.25, -0.2) is 0 Å². The van der Waals surface area contributed by atoms with Crippen molar-refractivity contribution in [2.45, 2.75) is 51.4 Å². The third-order valence-corrected chi connectivity index (χ3v) is 4.61. The third kappa shape index (κ3) is 5.16. The number of hydrogen-bond donors (Lipinski definition) is 1. The van der Waals surface area contributed by atoms with Crippen molar-refractivity contribution in [2.24, 2.45) is 17.6 Å². The van der Waals surface area contributed by atoms with E-state index in [4.69, 9.17) is 15.2 Å². The van der Waals surface area contributed by atoms with E-state index in [1.807, 2.05) is 6.08 Å². The molecule has 0 saturated heterocycles. The second-order valence-electron chi connectivity index (χ2n) is 6.41. The van der Waals surface area contributed by atoms with E-state index in [-0.39, 0.29) is 11.9 Å². The molecule has 4 heteroatoms. The zero-order valence-corrected chi connectivity index (χ0v) is 13.7. The average molecular weight is 307 g/mol. The number of allylic oxidation sites excluding steroid dienone is 2. The fourth-order valence-corrected chi connectivity index (χ4v) is 3.31. The molecule has 0 aromatic carbocycles. The van der Waals surface area contributed by atoms with E-state index in [1.165, 1.54) is 44.8 Å². The van der Waals surface area contributed by atoms with Gasteiger partial charge in [0.05, 0.1) is 19.6 Å². The van der Waals surface area contributed by atoms with Gasteiger partial charge in [-0.2, -0.15) is 0 Å². The van der Waals surface area contributed by atoms with Crippen molar-refractivity contribution < 1.29 is 14.3 Å². The molecule has 124 valence electrons. The molecule has 0 aromatic heterocycles. The Labute approximate surface area is 133 Å². The van der Waals surface area contributed by atoms with Crippen molar-refractivity contribution in [3.8, 4) is 0 Å². The van der Waals surface area contributed by atoms with Crippen LogP contribution in [0.2, 0.25) is 0 Å². The van der Waals surface area contributed by atoms with E-state index in [9.17, 15) is 4.79 Å². The van der Waals surface area contributed by atoms with Crippen molar-refractivity contribution in [1.29, 1.82) is 0 Å². The fourth-order valence-electron chi connectivity index (χ4n) is 3.31. The summed E-state index contributed by atoms with van der Waals surface area (Å²) in [6.45, 7) is 1.43. The summed E-state index contributed by atoms with van der Waals surface area (Å²) in [6, 6.07) is 0. The maximum absolute atomic E-state index is 11.9. The van der Waals surface area contributed by atoms with Crippen LogP contribution in [-0.4, -0.2) is 26.2 Å². The normalized spacial score (nSPS) is 22.7. The summed E-state index contributed by atoms with van der Waals surface area (Å²) in [5.74, 6) is 1.09. The predicted molar refractivity (Wildman–Crippen MR) is 87.1 cm³/mol. The van der Waals surface area contributed by atoms with E-state index < -0.39 is 0 Å². The van der Waals surface area contributed by atoms with Crippen molar-refractivity contribution >= 4 is 5.97 Å². The summed E-state index contributed by atoms with van der Waals surface area (Å²) in [5.41, 5.74) is 6.83. The first-order valence-electron chi connectivity index (χ1n) is 8.55. The Morgan fingerprint density at radius 2 is 2.09 bits per heavy atom. The Balaban J connectivity index is 1.95. The molecule has 0 heterocycles. The average Bonchev–Trinajstić information content (AvgIpc) is 2.58. The van der Waals surface area contributed by atoms with Crippen LogP contribution in [0, 0.1) is 11.8 Å². The van der Waals surface area contributed by atoms with Gasteiger partial charge in [0.15, 0.2) is 0 Å². The maximum Gasteiger partial charge on any atom is 0.312 e. The SMILES string of the molecule is COC(=O)C1C=C(OCC2CCCCC2)C=C(CCCN)C1. The van der Waals surface area contributed by atoms with Crippen LogP contribution in [0.4, 0.5) is 0 Å². The lowest BCUT2D eigenvalue weighted by Crippen LogP contribution is -2.20. The molecule has 0 aliphatic heterocycles. The zero-order valence-electron chi connectivity index (χ0n) is 13.7. The van der Waals surface area contributed by atoms with Gasteiger partial charge >= 0.3 is 5.97 Å². The van der Waals surface area contributed by atoms with Gasteiger partial charge in [0.25, 0.3) is 0 Å². The van der Waals surface area contributed by atoms with Crippen LogP contribution in [0.15, 0.2) is 23.5 Å². The van der Waals surface area contributed by atoms with Gasteiger partial charge in [0, 0.05) is 0 Å². The summed E-state index contributed by atoms with van der Waals surface area (Å²) in [5, 5.41) is 0. The van der Waals surface area contributed by atoms with Crippen LogP contribution < -0.4 is 5.73 Å². The zero-order chi connectivity index (χ0) is 15.8. The number of esters is 1. The molecule has 4 nitrogen and oxygen atoms in total. The minimum atomic E-state index is -0.218. The summed E-state index contributed by atoms with van der Waals surface area (Å²) < 4.78 is 10.9. The van der Waals surface area contributed by atoms with Gasteiger partial charge in [-0.1, -0.05) is 24.8 Å². The third-order valence-electron chi connectivity index (χ3n) is 4.61. The highest BCUT2D eigenvalue weighted by atomic mass is 16.5. The molecule has 0 aromatic rings. The number of hydrogen-bond acceptors (Lipinski definition) is 4. The Bertz CT molecular complexity index is 422. The van der Waals surface area contributed by atoms with Crippen LogP contribution in [0.25, 0.3) is 0 Å². The van der Waals surface area contributed by atoms with Crippen LogP contribution in [0.3, 0.4) is 0 Å². The summed E-state index contributed by atoms with van der Waals surface area (Å²) in [7, 11) is 1.44. The van der Waals surface area contributed by atoms with Crippen LogP contribution in [0.5, 0.6) is 0 Å². The predicted octanol–water partition coefficient (Wildman–Crippen LogP) is 3.33. The lowest BCUT2D eigenvalue weighted by molar-refractivity contribution is -0.143. The lowest BCUT2D eigenvalue weighted by Gasteiger charge is -2.24. The van der Waals surface area contributed by atoms with Gasteiger partial charge in [-0.05, 0) is 56.7 Å². The Hall–Kier alpha value is -1.29. The molecule has 0 radical (unpaired) electrons. The van der Waals surface area contributed by atoms with Gasteiger partial charge in [0.1, 0.15) is 5.76 Å². The standard InChI is InChI=1S/C18H29NO3/c1-21-18(20)16-10-15(8-5-9-19)11-17(12-16)22-13-14-6-3-2-4-7-14/h11-12,14,16H,2-10,13,19H2,1H3. The molecule has 1 saturated carbocycles. The summed E-state index contributed by atoms with van der Waals surface area (Å²) in [6.07, 6.45) is 13.1. The summed E-state index contributed by atoms with van der Waals surface area (Å²) in [4.78, 5) is 11.9. The van der Waals surface area contributed by atoms with Crippen LogP contribution in [0.1, 0.15) is 51.4 Å². The van der Waals surface area contributed by atoms with Crippen LogP contribution in [-0.2, 0) is 14.3 Å². The summed E-state index contributed by atoms with van der Waals surface area (Å²) >= 11 is 0. The first-order chi connectivity index (χ1) is 10.7. The first kappa shape index (κ1) is 17.1. The number of carbonyl (C=O) groups is 1. The number of methoxy groups -OCH3 is 1. The van der Waals surface area contributed by atoms with E-state index in [2.05, 4.69) is 6.08 Å². The number of carbonyl (C=O) groups excluding carboxylic acids is 1. The number of rotatable bonds is 7. The second kappa shape index (κ2) is 8.99. The molecule has 1 atom stereocenters. The number of nitrogens with two attached hydrogens (primary N) is 1. The molecule has 0 bridgehead atoms. The minimum Gasteiger partial charge on any atom is -0.494 e. The molecule has 22 heavy (non-hydrogen) atoms. The quantitative estimate of drug-likeness (QED) is 0.733. The lowest BCUT2D eigenvalue weighted by atomic mass is 9.89. The van der Waals surface area contributed by atoms with Crippen molar-refractivity contribution in [3.05, 3.63) is 23.5 Å². The van der Waals surface area contributed by atoms with Gasteiger partial charge < -0.3 is 15.2 Å². The van der Waals surface area contributed by atoms with Crippen LogP contribution >= 0.6 is 0 Å². The van der Waals surface area contributed by atoms with E-state index in [1.54, 1.807) is 0 Å². The Morgan fingerprint density at radius 1 is 1.32 bits per heavy atom. The van der Waals surface area contributed by atoms with Gasteiger partial charge in [-0.15, -0.1) is 0 Å². The first-order valence-corrected chi connectivity index (χ1v) is 8.55. The molecule has 2 N–H and O–H groups in total. The molecule has 2 rings (SSSR count). The van der Waals surface area contributed by atoms with E-state index >= 15 is 0 Å². The monoisotopic (exact) mass is 307 g/mol. The Kier molecular flexibility index (Phi) is 6.97. The minimum absolute atomic E-state index is 0.183. The van der Waals surface area contributed by atoms with Crippen molar-refractivity contribution in [1.82, 2.24) is 0 Å². The largest absolute Gasteiger partial charge is 0.494 e. The van der Waals surface area contributed by atoms with Crippen molar-refractivity contribution in [3.63, 3.8) is 0 Å². The molecule has 1 fully saturated rings. The highest BCUT2D eigenvalue weighted by Crippen LogP contribution is 2.29. The molecule has 1 unspecified atom stereocenters. The van der Waals surface area contributed by atoms with Crippen molar-refractivity contribution in [2.75, 3.05) is 20.3 Å². The molecule has 0 spiro atoms. The second-order valence-corrected chi connectivity index (χ2v) is 6.41. The van der Waals surface area contributed by atoms with E-state index in [0.717, 1.165) is 31.6 Å². The molecular weight excluding hydrogens is 278 g/mol. The Morgan fingerprint density at radius 3 is 2.77 bits per heavy atom. The fraction of sp³-hybridized carbons (Fsp3) is 0.722. The maximum atomic E-state index is 11.9. The van der Waals surface area contributed by atoms with Gasteiger partial charge in [-0.3, -0.25) is 4.79 Å². The molecule has 2 aliphatic rings. The smallest absolute Gasteiger partial charge is 0.312 e. The topological polar surface area (TPSA) is 61.5 Å². The van der Waals surface area contributed by atoms with Gasteiger partial charge in [0.2, 0.25) is 0 Å². The molecular formula is C18H29NO3. The highest BCUT2D eigenvalue weighted by molar-refractivity contribution is 5.75. The molecule has 2 aliphatic carbocycles. The number of ether oxygens (including phenoxy) is 2. The highest BCUT2D eigenvalue weighted by Gasteiger charge is 2.24.